The molecule has 7 nitrogen and oxygen atoms in total. The van der Waals surface area contributed by atoms with Crippen LogP contribution < -0.4 is 10.1 Å². The Morgan fingerprint density at radius 2 is 2.12 bits per heavy atom. The van der Waals surface area contributed by atoms with Gasteiger partial charge in [-0.2, -0.15) is 0 Å². The summed E-state index contributed by atoms with van der Waals surface area (Å²) in [5.74, 6) is 2.56. The van der Waals surface area contributed by atoms with Gasteiger partial charge in [0.15, 0.2) is 11.8 Å². The van der Waals surface area contributed by atoms with Gasteiger partial charge in [0.25, 0.3) is 0 Å². The van der Waals surface area contributed by atoms with E-state index in [4.69, 9.17) is 4.74 Å². The van der Waals surface area contributed by atoms with Crippen molar-refractivity contribution in [2.75, 3.05) is 21.2 Å². The third-order valence-corrected chi connectivity index (χ3v) is 3.61. The van der Waals surface area contributed by atoms with Crippen LogP contribution in [0.25, 0.3) is 0 Å². The standard InChI is InChI=1S/C16H24N6O.HI/c1-5-22-12-19-20-15(22)10-18-16(17-2)21(3)11-13-8-6-7-9-14(13)23-4;/h6-9,12H,5,10-11H2,1-4H3,(H,17,18);1H. The van der Waals surface area contributed by atoms with Gasteiger partial charge in [-0.15, -0.1) is 34.2 Å². The Kier molecular flexibility index (Phi) is 8.51. The maximum Gasteiger partial charge on any atom is 0.194 e. The number of aryl methyl sites for hydroxylation is 1. The van der Waals surface area contributed by atoms with Gasteiger partial charge in [-0.1, -0.05) is 18.2 Å². The maximum absolute atomic E-state index is 5.40. The van der Waals surface area contributed by atoms with E-state index in [-0.39, 0.29) is 24.0 Å². The van der Waals surface area contributed by atoms with Crippen molar-refractivity contribution in [3.8, 4) is 5.75 Å². The zero-order chi connectivity index (χ0) is 16.7. The number of benzene rings is 1. The molecule has 0 fully saturated rings. The number of nitrogens with one attached hydrogen (secondary N) is 1. The number of ether oxygens (including phenoxy) is 1. The highest BCUT2D eigenvalue weighted by molar-refractivity contribution is 14.0. The summed E-state index contributed by atoms with van der Waals surface area (Å²) >= 11 is 0. The number of rotatable bonds is 6. The summed E-state index contributed by atoms with van der Waals surface area (Å²) < 4.78 is 7.40. The van der Waals surface area contributed by atoms with Crippen molar-refractivity contribution >= 4 is 29.9 Å². The predicted molar refractivity (Wildman–Crippen MR) is 106 cm³/mol. The lowest BCUT2D eigenvalue weighted by molar-refractivity contribution is 0.395. The van der Waals surface area contributed by atoms with Crippen LogP contribution >= 0.6 is 24.0 Å². The summed E-state index contributed by atoms with van der Waals surface area (Å²) in [5.41, 5.74) is 1.11. The molecule has 0 unspecified atom stereocenters. The summed E-state index contributed by atoms with van der Waals surface area (Å²) in [7, 11) is 5.45. The van der Waals surface area contributed by atoms with Crippen LogP contribution in [-0.4, -0.2) is 46.8 Å². The first kappa shape index (κ1) is 20.2. The van der Waals surface area contributed by atoms with Crippen molar-refractivity contribution in [1.29, 1.82) is 0 Å². The van der Waals surface area contributed by atoms with E-state index < -0.39 is 0 Å². The van der Waals surface area contributed by atoms with Crippen LogP contribution in [0.15, 0.2) is 35.6 Å². The van der Waals surface area contributed by atoms with Crippen molar-refractivity contribution in [3.63, 3.8) is 0 Å². The predicted octanol–water partition coefficient (Wildman–Crippen LogP) is 2.13. The van der Waals surface area contributed by atoms with E-state index in [2.05, 4.69) is 33.5 Å². The molecular formula is C16H25IN6O. The third kappa shape index (κ3) is 5.08. The van der Waals surface area contributed by atoms with E-state index in [1.165, 1.54) is 0 Å². The Morgan fingerprint density at radius 3 is 2.79 bits per heavy atom. The fraction of sp³-hybridized carbons (Fsp3) is 0.438. The van der Waals surface area contributed by atoms with Gasteiger partial charge in [-0.3, -0.25) is 4.99 Å². The molecule has 0 saturated carbocycles. The van der Waals surface area contributed by atoms with Gasteiger partial charge >= 0.3 is 0 Å². The number of guanidine groups is 1. The lowest BCUT2D eigenvalue weighted by atomic mass is 10.2. The molecule has 24 heavy (non-hydrogen) atoms. The lowest BCUT2D eigenvalue weighted by Crippen LogP contribution is -2.38. The summed E-state index contributed by atoms with van der Waals surface area (Å²) in [6, 6.07) is 7.98. The van der Waals surface area contributed by atoms with Gasteiger partial charge in [0, 0.05) is 32.7 Å². The van der Waals surface area contributed by atoms with Crippen LogP contribution in [0.3, 0.4) is 0 Å². The van der Waals surface area contributed by atoms with Gasteiger partial charge in [0.1, 0.15) is 12.1 Å². The van der Waals surface area contributed by atoms with Crippen LogP contribution in [0.5, 0.6) is 5.75 Å². The van der Waals surface area contributed by atoms with Gasteiger partial charge in [-0.25, -0.2) is 0 Å². The summed E-state index contributed by atoms with van der Waals surface area (Å²) in [4.78, 5) is 6.37. The first-order valence-corrected chi connectivity index (χ1v) is 7.60. The Balaban J connectivity index is 0.00000288. The molecule has 0 aliphatic carbocycles. The minimum Gasteiger partial charge on any atom is -0.496 e. The van der Waals surface area contributed by atoms with E-state index in [0.29, 0.717) is 13.1 Å². The maximum atomic E-state index is 5.40. The van der Waals surface area contributed by atoms with Gasteiger partial charge in [0.05, 0.1) is 13.7 Å². The summed E-state index contributed by atoms with van der Waals surface area (Å²) in [6.45, 7) is 4.19. The number of nitrogens with zero attached hydrogens (tertiary/aromatic N) is 5. The topological polar surface area (TPSA) is 67.6 Å². The average molecular weight is 444 g/mol. The molecule has 0 bridgehead atoms. The van der Waals surface area contributed by atoms with Crippen molar-refractivity contribution in [3.05, 3.63) is 42.0 Å². The quantitative estimate of drug-likeness (QED) is 0.420. The van der Waals surface area contributed by atoms with Crippen LogP contribution in [0.4, 0.5) is 0 Å². The van der Waals surface area contributed by atoms with E-state index in [1.807, 2.05) is 34.7 Å². The lowest BCUT2D eigenvalue weighted by Gasteiger charge is -2.23. The zero-order valence-electron chi connectivity index (χ0n) is 14.6. The highest BCUT2D eigenvalue weighted by Gasteiger charge is 2.11. The summed E-state index contributed by atoms with van der Waals surface area (Å²) in [6.07, 6.45) is 1.73. The minimum absolute atomic E-state index is 0. The smallest absolute Gasteiger partial charge is 0.194 e. The normalized spacial score (nSPS) is 10.9. The Labute approximate surface area is 160 Å². The number of hydrogen-bond acceptors (Lipinski definition) is 4. The molecule has 2 rings (SSSR count). The fourth-order valence-corrected chi connectivity index (χ4v) is 2.39. The second kappa shape index (κ2) is 10.1. The Bertz CT molecular complexity index is 658. The van der Waals surface area contributed by atoms with Crippen LogP contribution in [0.2, 0.25) is 0 Å². The molecule has 0 atom stereocenters. The average Bonchev–Trinajstić information content (AvgIpc) is 3.03. The minimum atomic E-state index is 0. The Morgan fingerprint density at radius 1 is 1.38 bits per heavy atom. The number of methoxy groups -OCH3 is 1. The van der Waals surface area contributed by atoms with E-state index in [1.54, 1.807) is 20.5 Å². The summed E-state index contributed by atoms with van der Waals surface area (Å²) in [5, 5.41) is 11.4. The number of hydrogen-bond donors (Lipinski definition) is 1. The molecule has 0 aliphatic rings. The van der Waals surface area contributed by atoms with Gasteiger partial charge in [0.2, 0.25) is 0 Å². The number of aromatic nitrogens is 3. The first-order valence-electron chi connectivity index (χ1n) is 7.60. The van der Waals surface area contributed by atoms with Crippen LogP contribution in [0, 0.1) is 0 Å². The van der Waals surface area contributed by atoms with Crippen molar-refractivity contribution in [1.82, 2.24) is 25.0 Å². The molecule has 0 spiro atoms. The van der Waals surface area contributed by atoms with E-state index in [0.717, 1.165) is 29.6 Å². The Hall–Kier alpha value is -1.84. The molecular weight excluding hydrogens is 419 g/mol. The molecule has 2 aromatic rings. The highest BCUT2D eigenvalue weighted by Crippen LogP contribution is 2.18. The van der Waals surface area contributed by atoms with Crippen molar-refractivity contribution in [2.45, 2.75) is 26.6 Å². The molecule has 0 saturated heterocycles. The second-order valence-electron chi connectivity index (χ2n) is 5.10. The zero-order valence-corrected chi connectivity index (χ0v) is 16.9. The molecule has 1 heterocycles. The number of halogens is 1. The molecule has 0 radical (unpaired) electrons. The third-order valence-electron chi connectivity index (χ3n) is 3.61. The highest BCUT2D eigenvalue weighted by atomic mass is 127. The van der Waals surface area contributed by atoms with E-state index >= 15 is 0 Å². The van der Waals surface area contributed by atoms with Crippen molar-refractivity contribution < 1.29 is 4.74 Å². The second-order valence-corrected chi connectivity index (χ2v) is 5.10. The number of aliphatic imine (C=N–C) groups is 1. The van der Waals surface area contributed by atoms with Crippen molar-refractivity contribution in [2.24, 2.45) is 4.99 Å². The SMILES string of the molecule is CCn1cnnc1CNC(=NC)N(C)Cc1ccccc1OC.I. The molecule has 1 aromatic heterocycles. The first-order chi connectivity index (χ1) is 11.2. The molecule has 8 heteroatoms. The van der Waals surface area contributed by atoms with Gasteiger partial charge in [-0.05, 0) is 13.0 Å². The number of para-hydroxylation sites is 1. The molecule has 0 aliphatic heterocycles. The monoisotopic (exact) mass is 444 g/mol. The van der Waals surface area contributed by atoms with E-state index in [9.17, 15) is 0 Å². The van der Waals surface area contributed by atoms with Crippen LogP contribution in [0.1, 0.15) is 18.3 Å². The molecule has 1 N–H and O–H groups in total. The fourth-order valence-electron chi connectivity index (χ4n) is 2.39. The largest absolute Gasteiger partial charge is 0.496 e. The van der Waals surface area contributed by atoms with Gasteiger partial charge < -0.3 is 19.5 Å². The van der Waals surface area contributed by atoms with Crippen LogP contribution in [-0.2, 0) is 19.6 Å². The molecule has 0 amide bonds. The molecule has 132 valence electrons. The molecule has 1 aromatic carbocycles.